The normalized spacial score (nSPS) is 14.6. The number of nitrogens with two attached hydrogens (primary N) is 1. The lowest BCUT2D eigenvalue weighted by Gasteiger charge is -2.22. The third-order valence-electron chi connectivity index (χ3n) is 2.64. The lowest BCUT2D eigenvalue weighted by Crippen LogP contribution is -2.42. The van der Waals surface area contributed by atoms with Crippen molar-refractivity contribution < 1.29 is 23.4 Å². The molecular formula is C12H18N2O5S2. The predicted octanol–water partition coefficient (Wildman–Crippen LogP) is 0.359. The minimum atomic E-state index is -3.92. The highest BCUT2D eigenvalue weighted by Gasteiger charge is 2.25. The van der Waals surface area contributed by atoms with Crippen molar-refractivity contribution in [1.82, 2.24) is 4.72 Å². The molecule has 0 aliphatic carbocycles. The van der Waals surface area contributed by atoms with Gasteiger partial charge in [0, 0.05) is 12.3 Å². The van der Waals surface area contributed by atoms with Crippen molar-refractivity contribution in [3.05, 3.63) is 23.8 Å². The first kappa shape index (κ1) is 17.8. The number of rotatable bonds is 7. The summed E-state index contributed by atoms with van der Waals surface area (Å²) in [6, 6.07) is 3.37. The lowest BCUT2D eigenvalue weighted by molar-refractivity contribution is 0.0696. The topological polar surface area (TPSA) is 130 Å². The predicted molar refractivity (Wildman–Crippen MR) is 82.0 cm³/mol. The first-order chi connectivity index (χ1) is 9.59. The molecule has 0 bridgehead atoms. The quantitative estimate of drug-likeness (QED) is 0.530. The van der Waals surface area contributed by atoms with Crippen molar-refractivity contribution in [3.8, 4) is 0 Å². The Labute approximate surface area is 127 Å². The van der Waals surface area contributed by atoms with Gasteiger partial charge in [0.1, 0.15) is 4.90 Å². The first-order valence-electron chi connectivity index (χ1n) is 5.93. The van der Waals surface area contributed by atoms with Crippen LogP contribution in [0.3, 0.4) is 0 Å². The van der Waals surface area contributed by atoms with Gasteiger partial charge in [0.05, 0.1) is 16.9 Å². The highest BCUT2D eigenvalue weighted by Crippen LogP contribution is 2.20. The molecule has 0 radical (unpaired) electrons. The van der Waals surface area contributed by atoms with E-state index in [9.17, 15) is 18.3 Å². The SMILES string of the molecule is CSCC(C)(O)CNS(=O)(=O)c1ccc(C(=O)O)cc1N. The van der Waals surface area contributed by atoms with E-state index in [1.54, 1.807) is 6.26 Å². The van der Waals surface area contributed by atoms with Gasteiger partial charge in [-0.1, -0.05) is 0 Å². The minimum Gasteiger partial charge on any atom is -0.478 e. The maximum atomic E-state index is 12.1. The molecular weight excluding hydrogens is 316 g/mol. The molecule has 0 spiro atoms. The van der Waals surface area contributed by atoms with Crippen LogP contribution in [0.5, 0.6) is 0 Å². The fourth-order valence-corrected chi connectivity index (χ4v) is 3.61. The van der Waals surface area contributed by atoms with Gasteiger partial charge in [-0.15, -0.1) is 0 Å². The van der Waals surface area contributed by atoms with Gasteiger partial charge in [-0.2, -0.15) is 11.8 Å². The fourth-order valence-electron chi connectivity index (χ4n) is 1.62. The number of aliphatic hydroxyl groups is 1. The van der Waals surface area contributed by atoms with Gasteiger partial charge in [0.2, 0.25) is 10.0 Å². The Bertz CT molecular complexity index is 629. The number of nitrogens with one attached hydrogen (secondary N) is 1. The molecule has 0 aromatic heterocycles. The Morgan fingerprint density at radius 1 is 1.48 bits per heavy atom. The third kappa shape index (κ3) is 4.88. The standard InChI is InChI=1S/C12H18N2O5S2/c1-12(17,7-20-2)6-14-21(18,19)10-4-3-8(11(15)16)5-9(10)13/h3-5,14,17H,6-7,13H2,1-2H3,(H,15,16). The van der Waals surface area contributed by atoms with Crippen LogP contribution in [0.25, 0.3) is 0 Å². The molecule has 118 valence electrons. The highest BCUT2D eigenvalue weighted by molar-refractivity contribution is 7.98. The summed E-state index contributed by atoms with van der Waals surface area (Å²) in [6.45, 7) is 1.35. The van der Waals surface area contributed by atoms with E-state index in [1.165, 1.54) is 18.7 Å². The van der Waals surface area contributed by atoms with Gasteiger partial charge in [-0.05, 0) is 31.4 Å². The number of carboxylic acid groups (broad SMARTS) is 1. The van der Waals surface area contributed by atoms with Crippen molar-refractivity contribution in [2.75, 3.05) is 24.3 Å². The van der Waals surface area contributed by atoms with Crippen LogP contribution in [-0.2, 0) is 10.0 Å². The average Bonchev–Trinajstić information content (AvgIpc) is 2.36. The van der Waals surface area contributed by atoms with Gasteiger partial charge in [-0.3, -0.25) is 0 Å². The number of anilines is 1. The van der Waals surface area contributed by atoms with Gasteiger partial charge < -0.3 is 15.9 Å². The molecule has 0 saturated carbocycles. The summed E-state index contributed by atoms with van der Waals surface area (Å²) >= 11 is 1.39. The molecule has 0 aliphatic heterocycles. The number of benzene rings is 1. The number of hydrogen-bond acceptors (Lipinski definition) is 6. The number of carboxylic acids is 1. The van der Waals surface area contributed by atoms with Crippen LogP contribution in [0.2, 0.25) is 0 Å². The molecule has 1 aromatic carbocycles. The van der Waals surface area contributed by atoms with Gasteiger partial charge in [-0.25, -0.2) is 17.9 Å². The summed E-state index contributed by atoms with van der Waals surface area (Å²) in [5, 5.41) is 18.8. The molecule has 9 heteroatoms. The van der Waals surface area contributed by atoms with Crippen molar-refractivity contribution in [2.45, 2.75) is 17.4 Å². The first-order valence-corrected chi connectivity index (χ1v) is 8.80. The fraction of sp³-hybridized carbons (Fsp3) is 0.417. The van der Waals surface area contributed by atoms with Crippen molar-refractivity contribution in [3.63, 3.8) is 0 Å². The zero-order chi connectivity index (χ0) is 16.3. The maximum absolute atomic E-state index is 12.1. The van der Waals surface area contributed by atoms with E-state index in [0.29, 0.717) is 5.75 Å². The summed E-state index contributed by atoms with van der Waals surface area (Å²) in [7, 11) is -3.92. The summed E-state index contributed by atoms with van der Waals surface area (Å²) in [6.07, 6.45) is 1.80. The summed E-state index contributed by atoms with van der Waals surface area (Å²) in [5.41, 5.74) is 4.15. The molecule has 5 N–H and O–H groups in total. The van der Waals surface area contributed by atoms with Gasteiger partial charge >= 0.3 is 5.97 Å². The molecule has 0 heterocycles. The van der Waals surface area contributed by atoms with Gasteiger partial charge in [0.15, 0.2) is 0 Å². The zero-order valence-corrected chi connectivity index (χ0v) is 13.3. The summed E-state index contributed by atoms with van der Waals surface area (Å²) in [5.74, 6) is -0.829. The largest absolute Gasteiger partial charge is 0.478 e. The monoisotopic (exact) mass is 334 g/mol. The van der Waals surface area contributed by atoms with Crippen molar-refractivity contribution in [1.29, 1.82) is 0 Å². The Kier molecular flexibility index (Phi) is 5.62. The third-order valence-corrected chi connectivity index (χ3v) is 5.03. The Hall–Kier alpha value is -1.29. The van der Waals surface area contributed by atoms with Crippen molar-refractivity contribution >= 4 is 33.4 Å². The molecule has 21 heavy (non-hydrogen) atoms. The highest BCUT2D eigenvalue weighted by atomic mass is 32.2. The van der Waals surface area contributed by atoms with Crippen LogP contribution in [0.4, 0.5) is 5.69 Å². The van der Waals surface area contributed by atoms with E-state index in [1.807, 2.05) is 0 Å². The number of hydrogen-bond donors (Lipinski definition) is 4. The molecule has 1 unspecified atom stereocenters. The second kappa shape index (κ2) is 6.65. The molecule has 0 amide bonds. The van der Waals surface area contributed by atoms with Crippen LogP contribution < -0.4 is 10.5 Å². The number of aromatic carboxylic acids is 1. The van der Waals surface area contributed by atoms with Crippen LogP contribution in [0, 0.1) is 0 Å². The second-order valence-electron chi connectivity index (χ2n) is 4.81. The minimum absolute atomic E-state index is 0.0965. The average molecular weight is 334 g/mol. The number of nitrogen functional groups attached to an aromatic ring is 1. The number of sulfonamides is 1. The number of thioether (sulfide) groups is 1. The maximum Gasteiger partial charge on any atom is 0.335 e. The van der Waals surface area contributed by atoms with E-state index in [4.69, 9.17) is 10.8 Å². The van der Waals surface area contributed by atoms with Crippen LogP contribution in [0.1, 0.15) is 17.3 Å². The number of carbonyl (C=O) groups is 1. The zero-order valence-electron chi connectivity index (χ0n) is 11.7. The molecule has 1 aromatic rings. The van der Waals surface area contributed by atoms with Crippen molar-refractivity contribution in [2.24, 2.45) is 0 Å². The van der Waals surface area contributed by atoms with E-state index in [-0.39, 0.29) is 22.7 Å². The van der Waals surface area contributed by atoms with E-state index in [0.717, 1.165) is 18.2 Å². The molecule has 1 atom stereocenters. The molecule has 1 rings (SSSR count). The Morgan fingerprint density at radius 3 is 2.57 bits per heavy atom. The van der Waals surface area contributed by atoms with E-state index >= 15 is 0 Å². The van der Waals surface area contributed by atoms with Crippen LogP contribution in [-0.4, -0.2) is 48.8 Å². The lowest BCUT2D eigenvalue weighted by atomic mass is 10.1. The van der Waals surface area contributed by atoms with E-state index < -0.39 is 21.6 Å². The Morgan fingerprint density at radius 2 is 2.10 bits per heavy atom. The molecule has 0 fully saturated rings. The van der Waals surface area contributed by atoms with E-state index in [2.05, 4.69) is 4.72 Å². The van der Waals surface area contributed by atoms with Crippen LogP contribution in [0.15, 0.2) is 23.1 Å². The summed E-state index contributed by atoms with van der Waals surface area (Å²) in [4.78, 5) is 10.6. The Balaban J connectivity index is 2.96. The molecule has 7 nitrogen and oxygen atoms in total. The smallest absolute Gasteiger partial charge is 0.335 e. The van der Waals surface area contributed by atoms with Gasteiger partial charge in [0.25, 0.3) is 0 Å². The second-order valence-corrected chi connectivity index (χ2v) is 7.41. The summed E-state index contributed by atoms with van der Waals surface area (Å²) < 4.78 is 26.5. The molecule has 0 saturated heterocycles. The molecule has 0 aliphatic rings. The van der Waals surface area contributed by atoms with Crippen LogP contribution >= 0.6 is 11.8 Å².